The van der Waals surface area contributed by atoms with Crippen LogP contribution in [0, 0.1) is 0 Å². The molecule has 1 unspecified atom stereocenters. The van der Waals surface area contributed by atoms with Crippen molar-refractivity contribution in [1.29, 1.82) is 0 Å². The lowest BCUT2D eigenvalue weighted by Crippen LogP contribution is -2.38. The van der Waals surface area contributed by atoms with Crippen LogP contribution in [0.5, 0.6) is 0 Å². The molecule has 0 rings (SSSR count). The molecule has 5 heteroatoms. The molecule has 0 heterocycles. The second kappa shape index (κ2) is 7.46. The van der Waals surface area contributed by atoms with Crippen molar-refractivity contribution in [2.24, 2.45) is 0 Å². The van der Waals surface area contributed by atoms with Gasteiger partial charge in [0.2, 0.25) is 0 Å². The van der Waals surface area contributed by atoms with Crippen molar-refractivity contribution >= 4 is 11.8 Å². The van der Waals surface area contributed by atoms with Crippen LogP contribution >= 0.6 is 0 Å². The molecule has 14 heavy (non-hydrogen) atoms. The number of aliphatic hydroxyl groups excluding tert-OH is 1. The number of aliphatic hydroxyl groups is 1. The van der Waals surface area contributed by atoms with Crippen molar-refractivity contribution in [1.82, 2.24) is 5.32 Å². The van der Waals surface area contributed by atoms with Gasteiger partial charge in [-0.05, 0) is 6.42 Å². The number of carboxylic acids is 1. The first-order valence-corrected chi connectivity index (χ1v) is 4.70. The highest BCUT2D eigenvalue weighted by molar-refractivity contribution is 5.78. The summed E-state index contributed by atoms with van der Waals surface area (Å²) in [7, 11) is 0. The zero-order chi connectivity index (χ0) is 11.0. The van der Waals surface area contributed by atoms with E-state index in [4.69, 9.17) is 10.2 Å². The number of nitrogens with one attached hydrogen (secondary N) is 1. The van der Waals surface area contributed by atoms with E-state index in [1.54, 1.807) is 6.92 Å². The summed E-state index contributed by atoms with van der Waals surface area (Å²) in [6.07, 6.45) is 0.973. The molecular weight excluding hydrogens is 186 g/mol. The zero-order valence-electron chi connectivity index (χ0n) is 8.32. The van der Waals surface area contributed by atoms with E-state index < -0.39 is 12.0 Å². The summed E-state index contributed by atoms with van der Waals surface area (Å²) in [5.74, 6) is -0.895. The molecule has 0 aromatic rings. The molecule has 0 bridgehead atoms. The summed E-state index contributed by atoms with van der Waals surface area (Å²) in [5.41, 5.74) is 0. The molecular formula is C9H17NO4. The lowest BCUT2D eigenvalue weighted by Gasteiger charge is -2.12. The maximum absolute atomic E-state index is 10.9. The third-order valence-electron chi connectivity index (χ3n) is 1.90. The molecule has 0 aliphatic rings. The summed E-state index contributed by atoms with van der Waals surface area (Å²) in [6.45, 7) is 1.94. The second-order valence-corrected chi connectivity index (χ2v) is 3.00. The average molecular weight is 203 g/mol. The molecule has 0 aromatic heterocycles. The van der Waals surface area contributed by atoms with Crippen LogP contribution in [0.2, 0.25) is 0 Å². The highest BCUT2D eigenvalue weighted by atomic mass is 16.4. The van der Waals surface area contributed by atoms with Crippen LogP contribution in [0.15, 0.2) is 0 Å². The molecule has 3 N–H and O–H groups in total. The summed E-state index contributed by atoms with van der Waals surface area (Å²) >= 11 is 0. The number of ketones is 1. The molecule has 0 aliphatic heterocycles. The van der Waals surface area contributed by atoms with Gasteiger partial charge in [0.05, 0.1) is 0 Å². The lowest BCUT2D eigenvalue weighted by atomic mass is 10.2. The highest BCUT2D eigenvalue weighted by Gasteiger charge is 2.15. The number of hydrogen-bond acceptors (Lipinski definition) is 4. The number of carboxylic acid groups (broad SMARTS) is 1. The van der Waals surface area contributed by atoms with E-state index in [9.17, 15) is 9.59 Å². The first-order valence-electron chi connectivity index (χ1n) is 4.70. The van der Waals surface area contributed by atoms with Crippen molar-refractivity contribution < 1.29 is 19.8 Å². The molecule has 0 aliphatic carbocycles. The van der Waals surface area contributed by atoms with Crippen molar-refractivity contribution in [2.45, 2.75) is 32.2 Å². The van der Waals surface area contributed by atoms with E-state index in [1.165, 1.54) is 0 Å². The molecule has 5 nitrogen and oxygen atoms in total. The normalized spacial score (nSPS) is 12.4. The second-order valence-electron chi connectivity index (χ2n) is 3.00. The van der Waals surface area contributed by atoms with Gasteiger partial charge in [0.25, 0.3) is 0 Å². The Kier molecular flexibility index (Phi) is 6.96. The topological polar surface area (TPSA) is 86.6 Å². The van der Waals surface area contributed by atoms with Gasteiger partial charge < -0.3 is 15.5 Å². The Hall–Kier alpha value is -0.940. The van der Waals surface area contributed by atoms with Crippen molar-refractivity contribution in [3.8, 4) is 0 Å². The number of rotatable bonds is 8. The molecule has 0 saturated heterocycles. The van der Waals surface area contributed by atoms with Gasteiger partial charge in [-0.25, -0.2) is 0 Å². The third-order valence-corrected chi connectivity index (χ3v) is 1.90. The van der Waals surface area contributed by atoms with E-state index in [0.29, 0.717) is 19.4 Å². The Labute approximate surface area is 83.1 Å². The number of aliphatic carboxylic acids is 1. The third kappa shape index (κ3) is 5.66. The van der Waals surface area contributed by atoms with Gasteiger partial charge in [0, 0.05) is 26.0 Å². The van der Waals surface area contributed by atoms with Crippen LogP contribution in [0.4, 0.5) is 0 Å². The van der Waals surface area contributed by atoms with Crippen LogP contribution in [-0.4, -0.2) is 41.2 Å². The van der Waals surface area contributed by atoms with Gasteiger partial charge in [-0.3, -0.25) is 9.59 Å². The number of carbonyl (C=O) groups is 2. The van der Waals surface area contributed by atoms with E-state index in [-0.39, 0.29) is 18.8 Å². The predicted octanol–water partition coefficient (Wildman–Crippen LogP) is -0.219. The minimum Gasteiger partial charge on any atom is -0.480 e. The molecule has 0 radical (unpaired) electrons. The van der Waals surface area contributed by atoms with E-state index >= 15 is 0 Å². The monoisotopic (exact) mass is 203 g/mol. The SMILES string of the molecule is CCC(=O)CCNC(CCO)C(=O)O. The smallest absolute Gasteiger partial charge is 0.320 e. The Balaban J connectivity index is 3.71. The maximum Gasteiger partial charge on any atom is 0.320 e. The molecule has 0 fully saturated rings. The van der Waals surface area contributed by atoms with Gasteiger partial charge in [-0.2, -0.15) is 0 Å². The average Bonchev–Trinajstić information content (AvgIpc) is 2.16. The number of carbonyl (C=O) groups excluding carboxylic acids is 1. The fourth-order valence-corrected chi connectivity index (χ4v) is 1.00. The van der Waals surface area contributed by atoms with Crippen LogP contribution in [0.25, 0.3) is 0 Å². The number of Topliss-reactive ketones (excluding diaryl/α,β-unsaturated/α-hetero) is 1. The Morgan fingerprint density at radius 1 is 1.43 bits per heavy atom. The van der Waals surface area contributed by atoms with E-state index in [0.717, 1.165) is 0 Å². The van der Waals surface area contributed by atoms with Crippen LogP contribution in [0.1, 0.15) is 26.2 Å². The summed E-state index contributed by atoms with van der Waals surface area (Å²) in [5, 5.41) is 19.9. The molecule has 0 spiro atoms. The van der Waals surface area contributed by atoms with Crippen molar-refractivity contribution in [3.05, 3.63) is 0 Å². The van der Waals surface area contributed by atoms with Crippen LogP contribution in [0.3, 0.4) is 0 Å². The molecule has 0 saturated carbocycles. The standard InChI is InChI=1S/C9H17NO4/c1-2-7(12)3-5-10-8(4-6-11)9(13)14/h8,10-11H,2-6H2,1H3,(H,13,14). The molecule has 0 aromatic carbocycles. The number of hydrogen-bond donors (Lipinski definition) is 3. The van der Waals surface area contributed by atoms with E-state index in [1.807, 2.05) is 0 Å². The van der Waals surface area contributed by atoms with E-state index in [2.05, 4.69) is 5.32 Å². The Bertz CT molecular complexity index is 193. The minimum absolute atomic E-state index is 0.102. The van der Waals surface area contributed by atoms with Gasteiger partial charge in [-0.1, -0.05) is 6.92 Å². The molecule has 0 amide bonds. The first-order chi connectivity index (χ1) is 6.61. The first kappa shape index (κ1) is 13.1. The fraction of sp³-hybridized carbons (Fsp3) is 0.778. The van der Waals surface area contributed by atoms with Gasteiger partial charge in [0.1, 0.15) is 11.8 Å². The maximum atomic E-state index is 10.9. The predicted molar refractivity (Wildman–Crippen MR) is 51.0 cm³/mol. The minimum atomic E-state index is -0.997. The van der Waals surface area contributed by atoms with Crippen LogP contribution < -0.4 is 5.32 Å². The summed E-state index contributed by atoms with van der Waals surface area (Å²) < 4.78 is 0. The Morgan fingerprint density at radius 2 is 2.07 bits per heavy atom. The fourth-order valence-electron chi connectivity index (χ4n) is 1.00. The molecule has 1 atom stereocenters. The molecule has 82 valence electrons. The summed E-state index contributed by atoms with van der Waals surface area (Å²) in [4.78, 5) is 21.5. The van der Waals surface area contributed by atoms with Gasteiger partial charge >= 0.3 is 5.97 Å². The van der Waals surface area contributed by atoms with Crippen molar-refractivity contribution in [3.63, 3.8) is 0 Å². The Morgan fingerprint density at radius 3 is 2.50 bits per heavy atom. The quantitative estimate of drug-likeness (QED) is 0.507. The largest absolute Gasteiger partial charge is 0.480 e. The van der Waals surface area contributed by atoms with Gasteiger partial charge in [-0.15, -0.1) is 0 Å². The lowest BCUT2D eigenvalue weighted by molar-refractivity contribution is -0.140. The van der Waals surface area contributed by atoms with Crippen molar-refractivity contribution in [2.75, 3.05) is 13.2 Å². The highest BCUT2D eigenvalue weighted by Crippen LogP contribution is 1.93. The van der Waals surface area contributed by atoms with Crippen LogP contribution in [-0.2, 0) is 9.59 Å². The zero-order valence-corrected chi connectivity index (χ0v) is 8.32. The van der Waals surface area contributed by atoms with Gasteiger partial charge in [0.15, 0.2) is 0 Å². The summed E-state index contributed by atoms with van der Waals surface area (Å²) in [6, 6.07) is -0.760.